The molecule has 0 aromatic heterocycles. The zero-order valence-corrected chi connectivity index (χ0v) is 13.7. The molecule has 4 heteroatoms. The number of piperidine rings is 1. The number of nitrogens with one attached hydrogen (secondary N) is 2. The highest BCUT2D eigenvalue weighted by Gasteiger charge is 2.21. The molecule has 0 aliphatic carbocycles. The third kappa shape index (κ3) is 5.43. The Labute approximate surface area is 133 Å². The Morgan fingerprint density at radius 3 is 2.82 bits per heavy atom. The Morgan fingerprint density at radius 2 is 2.09 bits per heavy atom. The SMILES string of the molecule is COCc1cccc(CNC(=O)CC(C)C2CCNCC2)c1. The average molecular weight is 304 g/mol. The van der Waals surface area contributed by atoms with Gasteiger partial charge in [0.15, 0.2) is 0 Å². The molecule has 1 aromatic carbocycles. The van der Waals surface area contributed by atoms with Crippen molar-refractivity contribution in [1.82, 2.24) is 10.6 Å². The molecule has 2 N–H and O–H groups in total. The van der Waals surface area contributed by atoms with E-state index in [1.165, 1.54) is 12.8 Å². The molecule has 122 valence electrons. The van der Waals surface area contributed by atoms with Crippen molar-refractivity contribution >= 4 is 5.91 Å². The van der Waals surface area contributed by atoms with Crippen LogP contribution in [0.5, 0.6) is 0 Å². The summed E-state index contributed by atoms with van der Waals surface area (Å²) in [6.45, 7) is 5.57. The van der Waals surface area contributed by atoms with E-state index in [1.807, 2.05) is 18.2 Å². The van der Waals surface area contributed by atoms with Gasteiger partial charge in [-0.2, -0.15) is 0 Å². The number of rotatable bonds is 7. The number of carbonyl (C=O) groups excluding carboxylic acids is 1. The summed E-state index contributed by atoms with van der Waals surface area (Å²) in [6, 6.07) is 8.16. The van der Waals surface area contributed by atoms with Gasteiger partial charge in [-0.1, -0.05) is 31.2 Å². The van der Waals surface area contributed by atoms with E-state index in [0.29, 0.717) is 31.4 Å². The molecule has 1 fully saturated rings. The van der Waals surface area contributed by atoms with Gasteiger partial charge in [0.25, 0.3) is 0 Å². The lowest BCUT2D eigenvalue weighted by molar-refractivity contribution is -0.122. The summed E-state index contributed by atoms with van der Waals surface area (Å²) in [4.78, 5) is 12.1. The van der Waals surface area contributed by atoms with Gasteiger partial charge in [0.2, 0.25) is 5.91 Å². The third-order valence-electron chi connectivity index (χ3n) is 4.49. The molecule has 2 rings (SSSR count). The third-order valence-corrected chi connectivity index (χ3v) is 4.49. The van der Waals surface area contributed by atoms with Crippen LogP contribution in [0.1, 0.15) is 37.3 Å². The molecule has 1 aliphatic rings. The van der Waals surface area contributed by atoms with Crippen molar-refractivity contribution in [2.24, 2.45) is 11.8 Å². The summed E-state index contributed by atoms with van der Waals surface area (Å²) in [5, 5.41) is 6.42. The van der Waals surface area contributed by atoms with Gasteiger partial charge >= 0.3 is 0 Å². The van der Waals surface area contributed by atoms with Crippen LogP contribution in [0.15, 0.2) is 24.3 Å². The van der Waals surface area contributed by atoms with E-state index >= 15 is 0 Å². The summed E-state index contributed by atoms with van der Waals surface area (Å²) in [7, 11) is 1.69. The number of amides is 1. The van der Waals surface area contributed by atoms with E-state index in [0.717, 1.165) is 24.2 Å². The minimum Gasteiger partial charge on any atom is -0.380 e. The molecule has 1 aliphatic heterocycles. The zero-order valence-electron chi connectivity index (χ0n) is 13.7. The molecule has 0 radical (unpaired) electrons. The molecule has 0 bridgehead atoms. The Morgan fingerprint density at radius 1 is 1.36 bits per heavy atom. The fraction of sp³-hybridized carbons (Fsp3) is 0.611. The van der Waals surface area contributed by atoms with Crippen LogP contribution in [0.4, 0.5) is 0 Å². The number of ether oxygens (including phenoxy) is 1. The Kier molecular flexibility index (Phi) is 6.87. The minimum absolute atomic E-state index is 0.156. The second kappa shape index (κ2) is 8.91. The number of benzene rings is 1. The monoisotopic (exact) mass is 304 g/mol. The van der Waals surface area contributed by atoms with Crippen LogP contribution in [0.2, 0.25) is 0 Å². The van der Waals surface area contributed by atoms with Crippen molar-refractivity contribution in [3.05, 3.63) is 35.4 Å². The van der Waals surface area contributed by atoms with Crippen molar-refractivity contribution in [3.63, 3.8) is 0 Å². The number of methoxy groups -OCH3 is 1. The molecule has 1 aromatic rings. The predicted octanol–water partition coefficient (Wildman–Crippen LogP) is 2.48. The van der Waals surface area contributed by atoms with Gasteiger partial charge in [-0.3, -0.25) is 4.79 Å². The van der Waals surface area contributed by atoms with Crippen LogP contribution >= 0.6 is 0 Å². The van der Waals surface area contributed by atoms with E-state index in [2.05, 4.69) is 23.6 Å². The van der Waals surface area contributed by atoms with Crippen molar-refractivity contribution < 1.29 is 9.53 Å². The molecule has 0 saturated carbocycles. The van der Waals surface area contributed by atoms with Gasteiger partial charge in [-0.15, -0.1) is 0 Å². The fourth-order valence-electron chi connectivity index (χ4n) is 3.14. The van der Waals surface area contributed by atoms with Gasteiger partial charge in [0.05, 0.1) is 6.61 Å². The minimum atomic E-state index is 0.156. The predicted molar refractivity (Wildman–Crippen MR) is 88.4 cm³/mol. The molecule has 4 nitrogen and oxygen atoms in total. The van der Waals surface area contributed by atoms with Crippen LogP contribution < -0.4 is 10.6 Å². The quantitative estimate of drug-likeness (QED) is 0.813. The fourth-order valence-corrected chi connectivity index (χ4v) is 3.14. The molecule has 1 unspecified atom stereocenters. The van der Waals surface area contributed by atoms with Gasteiger partial charge < -0.3 is 15.4 Å². The van der Waals surface area contributed by atoms with E-state index in [9.17, 15) is 4.79 Å². The lowest BCUT2D eigenvalue weighted by Crippen LogP contribution is -2.33. The van der Waals surface area contributed by atoms with Crippen molar-refractivity contribution in [2.45, 2.75) is 39.3 Å². The van der Waals surface area contributed by atoms with Crippen LogP contribution in [-0.2, 0) is 22.7 Å². The highest BCUT2D eigenvalue weighted by atomic mass is 16.5. The summed E-state index contributed by atoms with van der Waals surface area (Å²) in [5.41, 5.74) is 2.26. The number of carbonyl (C=O) groups is 1. The summed E-state index contributed by atoms with van der Waals surface area (Å²) in [6.07, 6.45) is 3.00. The van der Waals surface area contributed by atoms with Gasteiger partial charge in [-0.25, -0.2) is 0 Å². The average Bonchev–Trinajstić information content (AvgIpc) is 2.54. The van der Waals surface area contributed by atoms with Crippen molar-refractivity contribution in [2.75, 3.05) is 20.2 Å². The highest BCUT2D eigenvalue weighted by molar-refractivity contribution is 5.76. The second-order valence-corrected chi connectivity index (χ2v) is 6.30. The van der Waals surface area contributed by atoms with Crippen molar-refractivity contribution in [1.29, 1.82) is 0 Å². The van der Waals surface area contributed by atoms with Crippen LogP contribution in [-0.4, -0.2) is 26.1 Å². The van der Waals surface area contributed by atoms with Gasteiger partial charge in [0.1, 0.15) is 0 Å². The normalized spacial score (nSPS) is 17.2. The van der Waals surface area contributed by atoms with E-state index < -0.39 is 0 Å². The van der Waals surface area contributed by atoms with Crippen LogP contribution in [0, 0.1) is 11.8 Å². The zero-order chi connectivity index (χ0) is 15.8. The molecule has 0 spiro atoms. The molecule has 1 atom stereocenters. The lowest BCUT2D eigenvalue weighted by Gasteiger charge is -2.27. The van der Waals surface area contributed by atoms with E-state index in [4.69, 9.17) is 4.74 Å². The van der Waals surface area contributed by atoms with Gasteiger partial charge in [-0.05, 0) is 48.9 Å². The molecule has 1 saturated heterocycles. The number of hydrogen-bond donors (Lipinski definition) is 2. The largest absolute Gasteiger partial charge is 0.380 e. The summed E-state index contributed by atoms with van der Waals surface area (Å²) in [5.74, 6) is 1.29. The maximum Gasteiger partial charge on any atom is 0.220 e. The first kappa shape index (κ1) is 17.0. The molecule has 22 heavy (non-hydrogen) atoms. The number of hydrogen-bond acceptors (Lipinski definition) is 3. The van der Waals surface area contributed by atoms with Crippen LogP contribution in [0.25, 0.3) is 0 Å². The molecule has 1 heterocycles. The van der Waals surface area contributed by atoms with Crippen LogP contribution in [0.3, 0.4) is 0 Å². The molecular weight excluding hydrogens is 276 g/mol. The Hall–Kier alpha value is -1.39. The smallest absolute Gasteiger partial charge is 0.220 e. The lowest BCUT2D eigenvalue weighted by atomic mass is 9.84. The second-order valence-electron chi connectivity index (χ2n) is 6.30. The topological polar surface area (TPSA) is 50.4 Å². The first-order valence-electron chi connectivity index (χ1n) is 8.23. The Bertz CT molecular complexity index is 470. The first-order valence-corrected chi connectivity index (χ1v) is 8.23. The Balaban J connectivity index is 1.76. The van der Waals surface area contributed by atoms with E-state index in [-0.39, 0.29) is 5.91 Å². The summed E-state index contributed by atoms with van der Waals surface area (Å²) < 4.78 is 5.14. The highest BCUT2D eigenvalue weighted by Crippen LogP contribution is 2.24. The van der Waals surface area contributed by atoms with E-state index in [1.54, 1.807) is 7.11 Å². The molecular formula is C18H28N2O2. The van der Waals surface area contributed by atoms with Crippen molar-refractivity contribution in [3.8, 4) is 0 Å². The summed E-state index contributed by atoms with van der Waals surface area (Å²) >= 11 is 0. The maximum absolute atomic E-state index is 12.1. The maximum atomic E-state index is 12.1. The first-order chi connectivity index (χ1) is 10.7. The standard InChI is InChI=1S/C18H28N2O2/c1-14(17-6-8-19-9-7-17)10-18(21)20-12-15-4-3-5-16(11-15)13-22-2/h3-5,11,14,17,19H,6-10,12-13H2,1-2H3,(H,20,21). The molecule has 1 amide bonds. The van der Waals surface area contributed by atoms with Gasteiger partial charge in [0, 0.05) is 20.1 Å².